The summed E-state index contributed by atoms with van der Waals surface area (Å²) in [6.07, 6.45) is 2.26. The Morgan fingerprint density at radius 2 is 1.84 bits per heavy atom. The fraction of sp³-hybridized carbons (Fsp3) is 0.500. The summed E-state index contributed by atoms with van der Waals surface area (Å²) in [6, 6.07) is 9.91. The lowest BCUT2D eigenvalue weighted by molar-refractivity contribution is -0.132. The van der Waals surface area contributed by atoms with Gasteiger partial charge >= 0.3 is 0 Å². The van der Waals surface area contributed by atoms with Crippen LogP contribution in [0.25, 0.3) is 0 Å². The van der Waals surface area contributed by atoms with Crippen molar-refractivity contribution in [3.8, 4) is 0 Å². The lowest BCUT2D eigenvalue weighted by Crippen LogP contribution is -2.45. The van der Waals surface area contributed by atoms with E-state index in [2.05, 4.69) is 4.90 Å². The van der Waals surface area contributed by atoms with Gasteiger partial charge in [-0.15, -0.1) is 11.3 Å². The lowest BCUT2D eigenvalue weighted by atomic mass is 10.2. The predicted octanol–water partition coefficient (Wildman–Crippen LogP) is 3.16. The van der Waals surface area contributed by atoms with Crippen LogP contribution in [0, 0.1) is 5.82 Å². The highest BCUT2D eigenvalue weighted by molar-refractivity contribution is 7.89. The second kappa shape index (κ2) is 11.2. The molecule has 2 heterocycles. The molecule has 0 saturated carbocycles. The van der Waals surface area contributed by atoms with E-state index in [1.807, 2.05) is 17.5 Å². The molecule has 1 aromatic heterocycles. The van der Waals surface area contributed by atoms with Gasteiger partial charge in [0.25, 0.3) is 0 Å². The van der Waals surface area contributed by atoms with Crippen LogP contribution in [0.3, 0.4) is 0 Å². The molecule has 0 atom stereocenters. The number of benzene rings is 1. The summed E-state index contributed by atoms with van der Waals surface area (Å²) in [5, 5.41) is 1.94. The van der Waals surface area contributed by atoms with Gasteiger partial charge < -0.3 is 9.80 Å². The first-order valence-electron chi connectivity index (χ1n) is 10.6. The number of rotatable bonds is 11. The van der Waals surface area contributed by atoms with Crippen molar-refractivity contribution < 1.29 is 17.6 Å². The van der Waals surface area contributed by atoms with Crippen molar-refractivity contribution in [3.63, 3.8) is 0 Å². The summed E-state index contributed by atoms with van der Waals surface area (Å²) in [6.45, 7) is 5.00. The summed E-state index contributed by atoms with van der Waals surface area (Å²) in [7, 11) is -3.51. The number of carbonyl (C=O) groups is 1. The van der Waals surface area contributed by atoms with Gasteiger partial charge in [-0.2, -0.15) is 4.31 Å². The highest BCUT2D eigenvalue weighted by atomic mass is 32.2. The topological polar surface area (TPSA) is 60.9 Å². The fourth-order valence-corrected chi connectivity index (χ4v) is 5.39. The van der Waals surface area contributed by atoms with Gasteiger partial charge in [-0.05, 0) is 62.0 Å². The molecule has 0 unspecified atom stereocenters. The molecule has 6 nitrogen and oxygen atoms in total. The molecular formula is C22H30FN3O3S2. The molecule has 170 valence electrons. The zero-order valence-electron chi connectivity index (χ0n) is 17.9. The standard InChI is InChI=1S/C22H30FN3O3S2/c1-2-31(28,29)26(14-13-24-11-3-4-12-24)18-22(27)25(17-21-6-5-15-30-21)16-19-7-9-20(23)10-8-19/h5-10,15H,2-4,11-14,16-18H2,1H3. The van der Waals surface area contributed by atoms with E-state index in [1.165, 1.54) is 16.4 Å². The molecule has 2 aromatic rings. The number of amides is 1. The number of likely N-dealkylation sites (tertiary alicyclic amines) is 1. The normalized spacial score (nSPS) is 14.9. The number of nitrogens with zero attached hydrogens (tertiary/aromatic N) is 3. The minimum Gasteiger partial charge on any atom is -0.332 e. The van der Waals surface area contributed by atoms with Crippen LogP contribution in [-0.4, -0.2) is 66.9 Å². The zero-order valence-corrected chi connectivity index (χ0v) is 19.5. The van der Waals surface area contributed by atoms with Crippen molar-refractivity contribution in [1.29, 1.82) is 0 Å². The van der Waals surface area contributed by atoms with Crippen molar-refractivity contribution >= 4 is 27.3 Å². The maximum Gasteiger partial charge on any atom is 0.238 e. The molecule has 31 heavy (non-hydrogen) atoms. The van der Waals surface area contributed by atoms with Gasteiger partial charge in [0.1, 0.15) is 5.82 Å². The minimum absolute atomic E-state index is 0.0385. The van der Waals surface area contributed by atoms with Crippen LogP contribution in [0.2, 0.25) is 0 Å². The molecule has 1 aromatic carbocycles. The first kappa shape index (κ1) is 23.8. The molecule has 1 amide bonds. The van der Waals surface area contributed by atoms with Crippen molar-refractivity contribution in [1.82, 2.24) is 14.1 Å². The van der Waals surface area contributed by atoms with E-state index in [1.54, 1.807) is 35.3 Å². The Morgan fingerprint density at radius 3 is 2.45 bits per heavy atom. The van der Waals surface area contributed by atoms with Crippen molar-refractivity contribution in [3.05, 3.63) is 58.0 Å². The fourth-order valence-electron chi connectivity index (χ4n) is 3.64. The van der Waals surface area contributed by atoms with Gasteiger partial charge in [-0.1, -0.05) is 18.2 Å². The van der Waals surface area contributed by atoms with Crippen molar-refractivity contribution in [2.45, 2.75) is 32.9 Å². The van der Waals surface area contributed by atoms with E-state index in [0.29, 0.717) is 26.2 Å². The third kappa shape index (κ3) is 7.10. The largest absolute Gasteiger partial charge is 0.332 e. The van der Waals surface area contributed by atoms with Crippen molar-refractivity contribution in [2.24, 2.45) is 0 Å². The Bertz CT molecular complexity index is 927. The first-order valence-corrected chi connectivity index (χ1v) is 13.1. The second-order valence-electron chi connectivity index (χ2n) is 7.74. The van der Waals surface area contributed by atoms with Gasteiger partial charge in [0, 0.05) is 24.5 Å². The maximum atomic E-state index is 13.3. The lowest BCUT2D eigenvalue weighted by Gasteiger charge is -2.28. The highest BCUT2D eigenvalue weighted by Gasteiger charge is 2.27. The molecular weight excluding hydrogens is 437 g/mol. The van der Waals surface area contributed by atoms with Crippen LogP contribution in [-0.2, 0) is 27.9 Å². The molecule has 1 aliphatic rings. The first-order chi connectivity index (χ1) is 14.9. The van der Waals surface area contributed by atoms with Crippen LogP contribution in [0.15, 0.2) is 41.8 Å². The Hall–Kier alpha value is -1.81. The number of halogens is 1. The van der Waals surface area contributed by atoms with Crippen LogP contribution < -0.4 is 0 Å². The van der Waals surface area contributed by atoms with Gasteiger partial charge in [-0.25, -0.2) is 12.8 Å². The molecule has 0 N–H and O–H groups in total. The van der Waals surface area contributed by atoms with E-state index < -0.39 is 10.0 Å². The summed E-state index contributed by atoms with van der Waals surface area (Å²) in [5.41, 5.74) is 0.799. The molecule has 0 aliphatic carbocycles. The molecule has 3 rings (SSSR count). The third-order valence-electron chi connectivity index (χ3n) is 5.50. The van der Waals surface area contributed by atoms with Gasteiger partial charge in [-0.3, -0.25) is 4.79 Å². The number of hydrogen-bond donors (Lipinski definition) is 0. The van der Waals surface area contributed by atoms with Crippen LogP contribution in [0.4, 0.5) is 4.39 Å². The smallest absolute Gasteiger partial charge is 0.238 e. The van der Waals surface area contributed by atoms with Gasteiger partial charge in [0.15, 0.2) is 0 Å². The summed E-state index contributed by atoms with van der Waals surface area (Å²) in [5.74, 6) is -0.624. The van der Waals surface area contributed by atoms with E-state index in [-0.39, 0.29) is 24.0 Å². The SMILES string of the molecule is CCS(=O)(=O)N(CCN1CCCC1)CC(=O)N(Cc1ccc(F)cc1)Cc1cccs1. The Balaban J connectivity index is 1.73. The zero-order chi connectivity index (χ0) is 22.3. The third-order valence-corrected chi connectivity index (χ3v) is 8.19. The van der Waals surface area contributed by atoms with Crippen molar-refractivity contribution in [2.75, 3.05) is 38.5 Å². The Kier molecular flexibility index (Phi) is 8.59. The summed E-state index contributed by atoms with van der Waals surface area (Å²) < 4.78 is 40.0. The van der Waals surface area contributed by atoms with E-state index in [9.17, 15) is 17.6 Å². The highest BCUT2D eigenvalue weighted by Crippen LogP contribution is 2.16. The summed E-state index contributed by atoms with van der Waals surface area (Å²) >= 11 is 1.55. The van der Waals surface area contributed by atoms with Crippen LogP contribution >= 0.6 is 11.3 Å². The number of sulfonamides is 1. The Morgan fingerprint density at radius 1 is 1.13 bits per heavy atom. The van der Waals surface area contributed by atoms with Crippen LogP contribution in [0.5, 0.6) is 0 Å². The van der Waals surface area contributed by atoms with E-state index >= 15 is 0 Å². The van der Waals surface area contributed by atoms with Gasteiger partial charge in [0.2, 0.25) is 15.9 Å². The van der Waals surface area contributed by atoms with E-state index in [0.717, 1.165) is 36.4 Å². The quantitative estimate of drug-likeness (QED) is 0.509. The molecule has 1 fully saturated rings. The molecule has 0 radical (unpaired) electrons. The predicted molar refractivity (Wildman–Crippen MR) is 122 cm³/mol. The van der Waals surface area contributed by atoms with Crippen LogP contribution in [0.1, 0.15) is 30.2 Å². The molecule has 9 heteroatoms. The molecule has 0 bridgehead atoms. The number of thiophene rings is 1. The average molecular weight is 468 g/mol. The molecule has 1 saturated heterocycles. The molecule has 1 aliphatic heterocycles. The van der Waals surface area contributed by atoms with Gasteiger partial charge in [0.05, 0.1) is 18.8 Å². The number of hydrogen-bond acceptors (Lipinski definition) is 5. The second-order valence-corrected chi connectivity index (χ2v) is 11.0. The monoisotopic (exact) mass is 467 g/mol. The number of carbonyl (C=O) groups excluding carboxylic acids is 1. The summed E-state index contributed by atoms with van der Waals surface area (Å²) in [4.78, 5) is 18.1. The maximum absolute atomic E-state index is 13.3. The average Bonchev–Trinajstić information content (AvgIpc) is 3.46. The molecule has 0 spiro atoms. The minimum atomic E-state index is -3.51. The Labute approximate surface area is 188 Å². The van der Waals surface area contributed by atoms with E-state index in [4.69, 9.17) is 0 Å².